The number of amides is 2. The number of nitrogens with zero attached hydrogens (tertiary/aromatic N) is 1. The molecule has 3 aromatic rings. The lowest BCUT2D eigenvalue weighted by molar-refractivity contribution is -0.0233. The van der Waals surface area contributed by atoms with E-state index < -0.39 is 0 Å². The molecule has 5 nitrogen and oxygen atoms in total. The highest BCUT2D eigenvalue weighted by Gasteiger charge is 2.57. The molecule has 242 valence electrons. The number of methoxy groups -OCH3 is 2. The van der Waals surface area contributed by atoms with Gasteiger partial charge in [0.2, 0.25) is 0 Å². The first-order valence-corrected chi connectivity index (χ1v) is 17.0. The first-order chi connectivity index (χ1) is 22.0. The fourth-order valence-electron chi connectivity index (χ4n) is 8.74. The molecular weight excluding hydrogens is 570 g/mol. The Morgan fingerprint density at radius 3 is 2.02 bits per heavy atom. The average Bonchev–Trinajstić information content (AvgIpc) is 3.30. The van der Waals surface area contributed by atoms with E-state index >= 15 is 0 Å². The second kappa shape index (κ2) is 12.4. The number of benzene rings is 3. The topological polar surface area (TPSA) is 55.8 Å². The summed E-state index contributed by atoms with van der Waals surface area (Å²) < 4.78 is 12.4. The van der Waals surface area contributed by atoms with Crippen molar-refractivity contribution in [3.05, 3.63) is 106 Å². The van der Waals surface area contributed by atoms with E-state index in [9.17, 15) is 9.59 Å². The quantitative estimate of drug-likeness (QED) is 0.115. The largest absolute Gasteiger partial charge is 0.496 e. The van der Waals surface area contributed by atoms with Crippen LogP contribution in [0.1, 0.15) is 116 Å². The van der Waals surface area contributed by atoms with Crippen LogP contribution in [0.15, 0.2) is 78.4 Å². The fourth-order valence-corrected chi connectivity index (χ4v) is 8.74. The number of ether oxygens (including phenoxy) is 2. The molecule has 1 heterocycles. The summed E-state index contributed by atoms with van der Waals surface area (Å²) in [5, 5.41) is 0. The van der Waals surface area contributed by atoms with Crippen molar-refractivity contribution >= 4 is 11.8 Å². The number of hydrogen-bond acceptors (Lipinski definition) is 4. The van der Waals surface area contributed by atoms with Gasteiger partial charge in [0.25, 0.3) is 11.8 Å². The highest BCUT2D eigenvalue weighted by molar-refractivity contribution is 6.21. The van der Waals surface area contributed by atoms with E-state index in [-0.39, 0.29) is 28.6 Å². The van der Waals surface area contributed by atoms with Crippen LogP contribution in [0.2, 0.25) is 0 Å². The molecule has 3 aliphatic carbocycles. The van der Waals surface area contributed by atoms with Crippen molar-refractivity contribution in [2.24, 2.45) is 17.3 Å². The lowest BCUT2D eigenvalue weighted by atomic mass is 9.45. The van der Waals surface area contributed by atoms with Gasteiger partial charge in [-0.1, -0.05) is 108 Å². The van der Waals surface area contributed by atoms with Gasteiger partial charge in [0.1, 0.15) is 11.5 Å². The lowest BCUT2D eigenvalue weighted by Gasteiger charge is -2.60. The molecular formula is C41H49NO4. The number of unbranched alkanes of at least 4 members (excludes halogenated alkanes) is 2. The summed E-state index contributed by atoms with van der Waals surface area (Å²) in [6, 6.07) is 22.5. The van der Waals surface area contributed by atoms with Crippen LogP contribution in [-0.4, -0.2) is 37.5 Å². The van der Waals surface area contributed by atoms with Crippen LogP contribution in [0.3, 0.4) is 0 Å². The molecule has 1 fully saturated rings. The van der Waals surface area contributed by atoms with Gasteiger partial charge in [0.05, 0.1) is 31.9 Å². The van der Waals surface area contributed by atoms with Gasteiger partial charge in [0.15, 0.2) is 0 Å². The predicted octanol–water partition coefficient (Wildman–Crippen LogP) is 9.33. The summed E-state index contributed by atoms with van der Waals surface area (Å²) in [6.45, 7) is 11.9. The summed E-state index contributed by atoms with van der Waals surface area (Å²) >= 11 is 0. The van der Waals surface area contributed by atoms with Crippen LogP contribution in [0.4, 0.5) is 0 Å². The smallest absolute Gasteiger partial charge is 0.261 e. The van der Waals surface area contributed by atoms with E-state index in [1.165, 1.54) is 35.3 Å². The van der Waals surface area contributed by atoms with E-state index in [1.54, 1.807) is 26.4 Å². The monoisotopic (exact) mass is 619 g/mol. The molecule has 7 rings (SSSR count). The molecule has 2 bridgehead atoms. The van der Waals surface area contributed by atoms with Gasteiger partial charge in [-0.3, -0.25) is 14.5 Å². The first-order valence-electron chi connectivity index (χ1n) is 17.0. The maximum Gasteiger partial charge on any atom is 0.261 e. The molecule has 4 aliphatic rings. The van der Waals surface area contributed by atoms with Crippen LogP contribution in [0.25, 0.3) is 0 Å². The van der Waals surface area contributed by atoms with Gasteiger partial charge in [-0.25, -0.2) is 0 Å². The molecule has 2 amide bonds. The lowest BCUT2D eigenvalue weighted by Crippen LogP contribution is -2.53. The third-order valence-corrected chi connectivity index (χ3v) is 11.6. The number of allylic oxidation sites excluding steroid dienone is 1. The molecule has 0 aromatic heterocycles. The van der Waals surface area contributed by atoms with Crippen LogP contribution in [0.5, 0.6) is 11.5 Å². The Bertz CT molecular complexity index is 1590. The number of rotatable bonds is 12. The van der Waals surface area contributed by atoms with Gasteiger partial charge < -0.3 is 9.47 Å². The van der Waals surface area contributed by atoms with Crippen molar-refractivity contribution in [3.8, 4) is 11.5 Å². The Morgan fingerprint density at radius 2 is 1.48 bits per heavy atom. The van der Waals surface area contributed by atoms with E-state index in [1.807, 2.05) is 12.1 Å². The number of carbonyl (C=O) groups excluding carboxylic acids is 2. The Labute approximate surface area is 275 Å². The van der Waals surface area contributed by atoms with Gasteiger partial charge in [-0.2, -0.15) is 0 Å². The number of carbonyl (C=O) groups is 2. The van der Waals surface area contributed by atoms with Crippen molar-refractivity contribution in [2.45, 2.75) is 84.0 Å². The summed E-state index contributed by atoms with van der Waals surface area (Å²) in [7, 11) is 3.51. The molecule has 46 heavy (non-hydrogen) atoms. The van der Waals surface area contributed by atoms with Gasteiger partial charge in [-0.15, -0.1) is 0 Å². The minimum Gasteiger partial charge on any atom is -0.496 e. The van der Waals surface area contributed by atoms with E-state index in [0.29, 0.717) is 35.4 Å². The standard InChI is InChI=1S/C41H49NO4/c1-8-9-11-20-32(26-16-12-10-13-17-26)40(2,3)28-22-35(45-6)37(36(23-28)46-7)31-21-27(33-24-34(31)41(33,4)5)25-42-38(43)29-18-14-15-19-30(29)39(42)44/h10,12-19,21-23,31-34H,8-9,11,20,24-25H2,1-7H3/t31-,32?,33+,34-/m0/s1. The number of imide groups is 1. The van der Waals surface area contributed by atoms with E-state index in [0.717, 1.165) is 35.5 Å². The minimum atomic E-state index is -0.203. The zero-order valence-electron chi connectivity index (χ0n) is 28.6. The van der Waals surface area contributed by atoms with Crippen molar-refractivity contribution in [1.82, 2.24) is 4.90 Å². The maximum absolute atomic E-state index is 13.3. The van der Waals surface area contributed by atoms with Crippen LogP contribution in [-0.2, 0) is 5.41 Å². The molecule has 1 unspecified atom stereocenters. The molecule has 0 spiro atoms. The Balaban J connectivity index is 1.38. The minimum absolute atomic E-state index is 0.0130. The van der Waals surface area contributed by atoms with Crippen molar-refractivity contribution in [3.63, 3.8) is 0 Å². The first kappa shape index (κ1) is 32.1. The Morgan fingerprint density at radius 1 is 0.891 bits per heavy atom. The molecule has 1 aliphatic heterocycles. The highest BCUT2D eigenvalue weighted by atomic mass is 16.5. The summed E-state index contributed by atoms with van der Waals surface area (Å²) in [5.41, 5.74) is 5.61. The van der Waals surface area contributed by atoms with Crippen molar-refractivity contribution < 1.29 is 19.1 Å². The second-order valence-electron chi connectivity index (χ2n) is 14.7. The zero-order valence-corrected chi connectivity index (χ0v) is 28.6. The highest BCUT2D eigenvalue weighted by Crippen LogP contribution is 2.65. The number of hydrogen-bond donors (Lipinski definition) is 0. The molecule has 0 N–H and O–H groups in total. The SMILES string of the molecule is CCCCCC(c1ccccc1)C(C)(C)c1cc(OC)c([C@H]2C=C(CN3C(=O)c4ccccc4C3=O)[C@H]3C[C@@H]2C3(C)C)c(OC)c1. The maximum atomic E-state index is 13.3. The van der Waals surface area contributed by atoms with E-state index in [2.05, 4.69) is 83.2 Å². The summed E-state index contributed by atoms with van der Waals surface area (Å²) in [4.78, 5) is 28.1. The summed E-state index contributed by atoms with van der Waals surface area (Å²) in [6.07, 6.45) is 8.05. The van der Waals surface area contributed by atoms with Crippen molar-refractivity contribution in [2.75, 3.05) is 20.8 Å². The summed E-state index contributed by atoms with van der Waals surface area (Å²) in [5.74, 6) is 2.38. The van der Waals surface area contributed by atoms with Crippen LogP contribution < -0.4 is 9.47 Å². The molecule has 5 heteroatoms. The Kier molecular flexibility index (Phi) is 8.65. The predicted molar refractivity (Wildman–Crippen MR) is 184 cm³/mol. The number of fused-ring (bicyclic) bond motifs is 2. The van der Waals surface area contributed by atoms with Gasteiger partial charge in [-0.05, 0) is 76.8 Å². The third kappa shape index (κ3) is 5.26. The Hall–Kier alpha value is -3.86. The second-order valence-corrected chi connectivity index (χ2v) is 14.7. The molecule has 0 radical (unpaired) electrons. The molecule has 0 saturated heterocycles. The third-order valence-electron chi connectivity index (χ3n) is 11.6. The van der Waals surface area contributed by atoms with Crippen LogP contribution in [0, 0.1) is 17.3 Å². The molecule has 3 aromatic carbocycles. The van der Waals surface area contributed by atoms with Gasteiger partial charge >= 0.3 is 0 Å². The fraction of sp³-hybridized carbons (Fsp3) is 0.463. The molecule has 4 atom stereocenters. The van der Waals surface area contributed by atoms with Crippen LogP contribution >= 0.6 is 0 Å². The van der Waals surface area contributed by atoms with Gasteiger partial charge in [0, 0.05) is 11.5 Å². The zero-order chi connectivity index (χ0) is 32.8. The average molecular weight is 620 g/mol. The van der Waals surface area contributed by atoms with Crippen molar-refractivity contribution in [1.29, 1.82) is 0 Å². The normalized spacial score (nSPS) is 22.2. The van der Waals surface area contributed by atoms with E-state index in [4.69, 9.17) is 9.47 Å². The molecule has 1 saturated carbocycles.